The molecule has 1 aromatic carbocycles. The molecule has 1 aromatic heterocycles. The first kappa shape index (κ1) is 10.3. The Kier molecular flexibility index (Phi) is 2.33. The van der Waals surface area contributed by atoms with Crippen LogP contribution in [0.25, 0.3) is 10.9 Å². The number of fused-ring (bicyclic) bond motifs is 1. The van der Waals surface area contributed by atoms with Crippen molar-refractivity contribution >= 4 is 10.9 Å². The van der Waals surface area contributed by atoms with Crippen LogP contribution in [0.5, 0.6) is 0 Å². The van der Waals surface area contributed by atoms with Gasteiger partial charge < -0.3 is 4.98 Å². The molecule has 0 bridgehead atoms. The fraction of sp³-hybridized carbons (Fsp3) is 0.333. The number of aromatic amines is 1. The van der Waals surface area contributed by atoms with Crippen molar-refractivity contribution in [1.82, 2.24) is 14.9 Å². The van der Waals surface area contributed by atoms with Gasteiger partial charge in [0.05, 0.1) is 17.1 Å². The van der Waals surface area contributed by atoms with Crippen molar-refractivity contribution < 1.29 is 0 Å². The third-order valence-corrected chi connectivity index (χ3v) is 3.18. The highest BCUT2D eigenvalue weighted by molar-refractivity contribution is 5.76. The molecule has 1 fully saturated rings. The summed E-state index contributed by atoms with van der Waals surface area (Å²) in [7, 11) is 0. The summed E-state index contributed by atoms with van der Waals surface area (Å²) in [4.78, 5) is 26.9. The van der Waals surface area contributed by atoms with Crippen molar-refractivity contribution in [1.29, 1.82) is 0 Å². The number of aromatic nitrogens is 2. The highest BCUT2D eigenvalue weighted by atomic mass is 16.2. The van der Waals surface area contributed by atoms with Crippen LogP contribution < -0.4 is 16.6 Å². The molecular weight excluding hydrogens is 218 g/mol. The molecule has 88 valence electrons. The van der Waals surface area contributed by atoms with E-state index >= 15 is 0 Å². The fourth-order valence-electron chi connectivity index (χ4n) is 2.35. The Morgan fingerprint density at radius 3 is 2.82 bits per heavy atom. The highest BCUT2D eigenvalue weighted by Crippen LogP contribution is 2.13. The zero-order valence-electron chi connectivity index (χ0n) is 9.27. The van der Waals surface area contributed by atoms with E-state index in [0.29, 0.717) is 10.9 Å². The third kappa shape index (κ3) is 1.59. The summed E-state index contributed by atoms with van der Waals surface area (Å²) in [6, 6.07) is 7.08. The Labute approximate surface area is 97.1 Å². The second-order valence-electron chi connectivity index (χ2n) is 4.26. The smallest absolute Gasteiger partial charge is 0.307 e. The van der Waals surface area contributed by atoms with Crippen LogP contribution >= 0.6 is 0 Å². The lowest BCUT2D eigenvalue weighted by atomic mass is 10.2. The van der Waals surface area contributed by atoms with Gasteiger partial charge in [-0.05, 0) is 31.5 Å². The Hall–Kier alpha value is -1.88. The molecule has 0 saturated carbocycles. The summed E-state index contributed by atoms with van der Waals surface area (Å²) in [6.07, 6.45) is 1.64. The van der Waals surface area contributed by atoms with E-state index in [0.717, 1.165) is 19.4 Å². The second kappa shape index (κ2) is 3.85. The molecule has 5 heteroatoms. The van der Waals surface area contributed by atoms with Crippen LogP contribution in [0.15, 0.2) is 33.9 Å². The van der Waals surface area contributed by atoms with Crippen molar-refractivity contribution in [2.24, 2.45) is 0 Å². The fourth-order valence-corrected chi connectivity index (χ4v) is 2.35. The van der Waals surface area contributed by atoms with Crippen LogP contribution in [-0.4, -0.2) is 16.1 Å². The summed E-state index contributed by atoms with van der Waals surface area (Å²) < 4.78 is 1.29. The second-order valence-corrected chi connectivity index (χ2v) is 4.26. The largest absolute Gasteiger partial charge is 0.330 e. The first-order valence-corrected chi connectivity index (χ1v) is 5.74. The molecule has 0 aliphatic carbocycles. The van der Waals surface area contributed by atoms with Crippen LogP contribution in [0.4, 0.5) is 0 Å². The standard InChI is InChI=1S/C12H13N3O2/c16-11-8-4-1-2-5-9(8)14-12(17)15(11)10-6-3-7-13-10/h1-2,4-5,10,13H,3,6-7H2,(H,14,17). The average molecular weight is 231 g/mol. The Bertz CT molecular complexity index is 665. The lowest BCUT2D eigenvalue weighted by Crippen LogP contribution is -2.41. The molecule has 2 heterocycles. The van der Waals surface area contributed by atoms with E-state index in [4.69, 9.17) is 0 Å². The predicted octanol–water partition coefficient (Wildman–Crippen LogP) is 0.572. The number of H-pyrrole nitrogens is 1. The van der Waals surface area contributed by atoms with E-state index in [1.165, 1.54) is 4.57 Å². The maximum Gasteiger partial charge on any atom is 0.330 e. The van der Waals surface area contributed by atoms with Gasteiger partial charge in [-0.3, -0.25) is 10.1 Å². The van der Waals surface area contributed by atoms with Gasteiger partial charge in [0, 0.05) is 0 Å². The van der Waals surface area contributed by atoms with Crippen molar-refractivity contribution in [3.05, 3.63) is 45.1 Å². The van der Waals surface area contributed by atoms with E-state index in [2.05, 4.69) is 10.3 Å². The van der Waals surface area contributed by atoms with Gasteiger partial charge in [-0.2, -0.15) is 0 Å². The van der Waals surface area contributed by atoms with Gasteiger partial charge in [0.1, 0.15) is 0 Å². The van der Waals surface area contributed by atoms with Crippen molar-refractivity contribution in [2.45, 2.75) is 19.0 Å². The minimum absolute atomic E-state index is 0.171. The quantitative estimate of drug-likeness (QED) is 0.754. The zero-order valence-corrected chi connectivity index (χ0v) is 9.27. The van der Waals surface area contributed by atoms with Gasteiger partial charge in [-0.15, -0.1) is 0 Å². The molecule has 1 saturated heterocycles. The van der Waals surface area contributed by atoms with E-state index in [-0.39, 0.29) is 17.4 Å². The molecule has 0 radical (unpaired) electrons. The number of benzene rings is 1. The number of rotatable bonds is 1. The number of para-hydroxylation sites is 1. The lowest BCUT2D eigenvalue weighted by molar-refractivity contribution is 0.439. The van der Waals surface area contributed by atoms with Crippen molar-refractivity contribution in [3.8, 4) is 0 Å². The first-order chi connectivity index (χ1) is 8.27. The maximum atomic E-state index is 12.2. The molecule has 2 N–H and O–H groups in total. The van der Waals surface area contributed by atoms with E-state index in [9.17, 15) is 9.59 Å². The predicted molar refractivity (Wildman–Crippen MR) is 65.1 cm³/mol. The molecule has 2 aromatic rings. The van der Waals surface area contributed by atoms with Crippen molar-refractivity contribution in [2.75, 3.05) is 6.54 Å². The molecular formula is C12H13N3O2. The normalized spacial score (nSPS) is 19.9. The maximum absolute atomic E-state index is 12.2. The lowest BCUT2D eigenvalue weighted by Gasteiger charge is -2.13. The first-order valence-electron chi connectivity index (χ1n) is 5.74. The molecule has 3 rings (SSSR count). The number of nitrogens with zero attached hydrogens (tertiary/aromatic N) is 1. The van der Waals surface area contributed by atoms with Gasteiger partial charge in [-0.25, -0.2) is 9.36 Å². The molecule has 1 unspecified atom stereocenters. The summed E-state index contributed by atoms with van der Waals surface area (Å²) in [5.41, 5.74) is 0.0357. The topological polar surface area (TPSA) is 66.9 Å². The Balaban J connectivity index is 2.31. The molecule has 1 aliphatic heterocycles. The van der Waals surface area contributed by atoms with Crippen LogP contribution in [0.1, 0.15) is 19.0 Å². The van der Waals surface area contributed by atoms with Crippen LogP contribution in [0, 0.1) is 0 Å². The zero-order chi connectivity index (χ0) is 11.8. The monoisotopic (exact) mass is 231 g/mol. The minimum Gasteiger partial charge on any atom is -0.307 e. The Morgan fingerprint density at radius 2 is 2.06 bits per heavy atom. The molecule has 17 heavy (non-hydrogen) atoms. The van der Waals surface area contributed by atoms with Gasteiger partial charge in [0.25, 0.3) is 5.56 Å². The van der Waals surface area contributed by atoms with Gasteiger partial charge in [0.2, 0.25) is 0 Å². The van der Waals surface area contributed by atoms with Crippen molar-refractivity contribution in [3.63, 3.8) is 0 Å². The summed E-state index contributed by atoms with van der Waals surface area (Å²) >= 11 is 0. The van der Waals surface area contributed by atoms with Gasteiger partial charge in [-0.1, -0.05) is 12.1 Å². The average Bonchev–Trinajstić information content (AvgIpc) is 2.83. The summed E-state index contributed by atoms with van der Waals surface area (Å²) in [5.74, 6) is 0. The number of hydrogen-bond donors (Lipinski definition) is 2. The molecule has 5 nitrogen and oxygen atoms in total. The highest BCUT2D eigenvalue weighted by Gasteiger charge is 2.20. The van der Waals surface area contributed by atoms with E-state index < -0.39 is 0 Å². The SMILES string of the molecule is O=c1[nH]c2ccccc2c(=O)n1C1CCCN1. The Morgan fingerprint density at radius 1 is 1.24 bits per heavy atom. The molecule has 1 atom stereocenters. The third-order valence-electron chi connectivity index (χ3n) is 3.18. The number of hydrogen-bond acceptors (Lipinski definition) is 3. The van der Waals surface area contributed by atoms with Crippen LogP contribution in [0.3, 0.4) is 0 Å². The van der Waals surface area contributed by atoms with Gasteiger partial charge in [0.15, 0.2) is 0 Å². The van der Waals surface area contributed by atoms with E-state index in [1.807, 2.05) is 0 Å². The van der Waals surface area contributed by atoms with Gasteiger partial charge >= 0.3 is 5.69 Å². The summed E-state index contributed by atoms with van der Waals surface area (Å²) in [6.45, 7) is 0.851. The number of nitrogens with one attached hydrogen (secondary N) is 2. The minimum atomic E-state index is -0.340. The van der Waals surface area contributed by atoms with Crippen LogP contribution in [0.2, 0.25) is 0 Å². The molecule has 0 spiro atoms. The summed E-state index contributed by atoms with van der Waals surface area (Å²) in [5, 5.41) is 3.72. The molecule has 0 amide bonds. The molecule has 1 aliphatic rings. The van der Waals surface area contributed by atoms with Crippen LogP contribution in [-0.2, 0) is 0 Å². The van der Waals surface area contributed by atoms with E-state index in [1.54, 1.807) is 24.3 Å².